The maximum absolute atomic E-state index is 11.4. The predicted octanol–water partition coefficient (Wildman–Crippen LogP) is 2.25. The van der Waals surface area contributed by atoms with E-state index in [0.717, 1.165) is 24.3 Å². The molecule has 0 radical (unpaired) electrons. The molecule has 1 aromatic heterocycles. The first-order valence-electron chi connectivity index (χ1n) is 5.27. The number of hydrogen-bond donors (Lipinski definition) is 0. The third-order valence-electron chi connectivity index (χ3n) is 2.74. The molecule has 2 nitrogen and oxygen atoms in total. The van der Waals surface area contributed by atoms with Crippen molar-refractivity contribution in [2.75, 3.05) is 11.5 Å². The fourth-order valence-electron chi connectivity index (χ4n) is 1.73. The van der Waals surface area contributed by atoms with Gasteiger partial charge >= 0.3 is 0 Å². The van der Waals surface area contributed by atoms with Crippen LogP contribution in [0.2, 0.25) is 0 Å². The molecule has 1 aliphatic rings. The second-order valence-electron chi connectivity index (χ2n) is 4.04. The maximum atomic E-state index is 11.4. The molecule has 0 aliphatic carbocycles. The Balaban J connectivity index is 1.87. The van der Waals surface area contributed by atoms with Gasteiger partial charge in [0, 0.05) is 23.6 Å². The fourth-order valence-corrected chi connectivity index (χ4v) is 2.92. The summed E-state index contributed by atoms with van der Waals surface area (Å²) in [5, 5.41) is 0. The van der Waals surface area contributed by atoms with Crippen molar-refractivity contribution in [3.05, 3.63) is 29.6 Å². The van der Waals surface area contributed by atoms with E-state index >= 15 is 0 Å². The molecule has 1 saturated heterocycles. The Bertz CT molecular complexity index is 347. The number of hydrogen-bond acceptors (Lipinski definition) is 3. The highest BCUT2D eigenvalue weighted by Gasteiger charge is 2.24. The molecule has 1 fully saturated rings. The first-order chi connectivity index (χ1) is 7.25. The SMILES string of the molecule is Cc1ccc(CCC2CSCC2=O)nc1. The van der Waals surface area contributed by atoms with Crippen LogP contribution in [0.5, 0.6) is 0 Å². The number of rotatable bonds is 3. The summed E-state index contributed by atoms with van der Waals surface area (Å²) in [5.41, 5.74) is 2.29. The third kappa shape index (κ3) is 2.81. The lowest BCUT2D eigenvalue weighted by atomic mass is 10.0. The Morgan fingerprint density at radius 1 is 1.53 bits per heavy atom. The number of carbonyl (C=O) groups is 1. The van der Waals surface area contributed by atoms with E-state index in [9.17, 15) is 4.79 Å². The van der Waals surface area contributed by atoms with Crippen molar-refractivity contribution in [1.82, 2.24) is 4.98 Å². The molecule has 1 aliphatic heterocycles. The summed E-state index contributed by atoms with van der Waals surface area (Å²) in [6.45, 7) is 2.04. The average Bonchev–Trinajstić information content (AvgIpc) is 2.63. The van der Waals surface area contributed by atoms with Crippen LogP contribution < -0.4 is 0 Å². The minimum absolute atomic E-state index is 0.276. The van der Waals surface area contributed by atoms with Crippen LogP contribution >= 0.6 is 11.8 Å². The number of nitrogens with zero attached hydrogens (tertiary/aromatic N) is 1. The highest BCUT2D eigenvalue weighted by atomic mass is 32.2. The van der Waals surface area contributed by atoms with Crippen molar-refractivity contribution in [3.63, 3.8) is 0 Å². The number of thioether (sulfide) groups is 1. The molecule has 2 rings (SSSR count). The first kappa shape index (κ1) is 10.7. The van der Waals surface area contributed by atoms with E-state index in [0.29, 0.717) is 11.5 Å². The summed E-state index contributed by atoms with van der Waals surface area (Å²) in [6.07, 6.45) is 3.78. The Morgan fingerprint density at radius 2 is 2.40 bits per heavy atom. The number of Topliss-reactive ketones (excluding diaryl/α,β-unsaturated/α-hetero) is 1. The number of aryl methyl sites for hydroxylation is 2. The number of carbonyl (C=O) groups excluding carboxylic acids is 1. The molecular formula is C12H15NOS. The van der Waals surface area contributed by atoms with E-state index in [1.165, 1.54) is 5.56 Å². The Kier molecular flexibility index (Phi) is 3.41. The summed E-state index contributed by atoms with van der Waals surface area (Å²) in [7, 11) is 0. The van der Waals surface area contributed by atoms with E-state index in [2.05, 4.69) is 17.1 Å². The molecule has 15 heavy (non-hydrogen) atoms. The highest BCUT2D eigenvalue weighted by Crippen LogP contribution is 2.24. The molecule has 0 N–H and O–H groups in total. The van der Waals surface area contributed by atoms with Crippen molar-refractivity contribution in [2.24, 2.45) is 5.92 Å². The van der Waals surface area contributed by atoms with Crippen molar-refractivity contribution in [3.8, 4) is 0 Å². The van der Waals surface area contributed by atoms with E-state index in [-0.39, 0.29) is 5.92 Å². The van der Waals surface area contributed by atoms with Gasteiger partial charge in [0.1, 0.15) is 5.78 Å². The van der Waals surface area contributed by atoms with Gasteiger partial charge in [-0.1, -0.05) is 6.07 Å². The molecule has 0 bridgehead atoms. The molecule has 1 aromatic rings. The summed E-state index contributed by atoms with van der Waals surface area (Å²) in [5.74, 6) is 2.42. The van der Waals surface area contributed by atoms with Gasteiger partial charge in [0.2, 0.25) is 0 Å². The molecule has 0 amide bonds. The van der Waals surface area contributed by atoms with Crippen molar-refractivity contribution < 1.29 is 4.79 Å². The molecule has 1 unspecified atom stereocenters. The van der Waals surface area contributed by atoms with Crippen molar-refractivity contribution in [1.29, 1.82) is 0 Å². The molecule has 2 heterocycles. The van der Waals surface area contributed by atoms with Crippen LogP contribution in [0.15, 0.2) is 18.3 Å². The molecule has 0 saturated carbocycles. The zero-order valence-electron chi connectivity index (χ0n) is 8.90. The lowest BCUT2D eigenvalue weighted by Gasteiger charge is -2.06. The zero-order valence-corrected chi connectivity index (χ0v) is 9.72. The lowest BCUT2D eigenvalue weighted by molar-refractivity contribution is -0.119. The van der Waals surface area contributed by atoms with Gasteiger partial charge in [0.25, 0.3) is 0 Å². The van der Waals surface area contributed by atoms with E-state index in [1.54, 1.807) is 11.8 Å². The smallest absolute Gasteiger partial charge is 0.146 e. The van der Waals surface area contributed by atoms with Crippen molar-refractivity contribution in [2.45, 2.75) is 19.8 Å². The van der Waals surface area contributed by atoms with Gasteiger partial charge in [-0.05, 0) is 31.4 Å². The molecule has 0 spiro atoms. The van der Waals surface area contributed by atoms with Crippen LogP contribution in [0.25, 0.3) is 0 Å². The summed E-state index contributed by atoms with van der Waals surface area (Å²) >= 11 is 1.76. The second kappa shape index (κ2) is 4.79. The Morgan fingerprint density at radius 3 is 3.00 bits per heavy atom. The van der Waals surface area contributed by atoms with Gasteiger partial charge in [-0.2, -0.15) is 11.8 Å². The van der Waals surface area contributed by atoms with Gasteiger partial charge < -0.3 is 0 Å². The first-order valence-corrected chi connectivity index (χ1v) is 6.43. The number of pyridine rings is 1. The van der Waals surface area contributed by atoms with Crippen LogP contribution in [-0.4, -0.2) is 22.3 Å². The van der Waals surface area contributed by atoms with Gasteiger partial charge in [0.05, 0.1) is 5.75 Å². The second-order valence-corrected chi connectivity index (χ2v) is 5.07. The van der Waals surface area contributed by atoms with Crippen LogP contribution in [-0.2, 0) is 11.2 Å². The van der Waals surface area contributed by atoms with E-state index in [1.807, 2.05) is 13.1 Å². The Hall–Kier alpha value is -0.830. The van der Waals surface area contributed by atoms with Crippen LogP contribution in [0.1, 0.15) is 17.7 Å². The average molecular weight is 221 g/mol. The minimum atomic E-state index is 0.276. The molecule has 0 aromatic carbocycles. The Labute approximate surface area is 94.5 Å². The van der Waals surface area contributed by atoms with Gasteiger partial charge in [-0.3, -0.25) is 9.78 Å². The third-order valence-corrected chi connectivity index (χ3v) is 3.87. The topological polar surface area (TPSA) is 30.0 Å². The summed E-state index contributed by atoms with van der Waals surface area (Å²) in [6, 6.07) is 4.13. The van der Waals surface area contributed by atoms with E-state index in [4.69, 9.17) is 0 Å². The van der Waals surface area contributed by atoms with Gasteiger partial charge in [-0.25, -0.2) is 0 Å². The van der Waals surface area contributed by atoms with Gasteiger partial charge in [-0.15, -0.1) is 0 Å². The van der Waals surface area contributed by atoms with Crippen LogP contribution in [0, 0.1) is 12.8 Å². The largest absolute Gasteiger partial charge is 0.298 e. The minimum Gasteiger partial charge on any atom is -0.298 e. The van der Waals surface area contributed by atoms with Crippen molar-refractivity contribution >= 4 is 17.5 Å². The normalized spacial score (nSPS) is 20.9. The summed E-state index contributed by atoms with van der Waals surface area (Å²) < 4.78 is 0. The monoisotopic (exact) mass is 221 g/mol. The van der Waals surface area contributed by atoms with Gasteiger partial charge in [0.15, 0.2) is 0 Å². The molecule has 3 heteroatoms. The molecular weight excluding hydrogens is 206 g/mol. The van der Waals surface area contributed by atoms with E-state index < -0.39 is 0 Å². The van der Waals surface area contributed by atoms with Crippen LogP contribution in [0.3, 0.4) is 0 Å². The zero-order chi connectivity index (χ0) is 10.7. The van der Waals surface area contributed by atoms with Crippen LogP contribution in [0.4, 0.5) is 0 Å². The summed E-state index contributed by atoms with van der Waals surface area (Å²) in [4.78, 5) is 15.8. The standard InChI is InChI=1S/C12H15NOS/c1-9-2-4-11(13-6-9)5-3-10-7-15-8-12(10)14/h2,4,6,10H,3,5,7-8H2,1H3. The molecule has 80 valence electrons. The molecule has 1 atom stereocenters. The number of ketones is 1. The number of aromatic nitrogens is 1. The lowest BCUT2D eigenvalue weighted by Crippen LogP contribution is -2.12. The fraction of sp³-hybridized carbons (Fsp3) is 0.500. The predicted molar refractivity (Wildman–Crippen MR) is 63.1 cm³/mol. The maximum Gasteiger partial charge on any atom is 0.146 e. The highest BCUT2D eigenvalue weighted by molar-refractivity contribution is 8.00. The quantitative estimate of drug-likeness (QED) is 0.784.